The molecule has 0 radical (unpaired) electrons. The van der Waals surface area contributed by atoms with Crippen LogP contribution in [0.1, 0.15) is 32.6 Å². The SMILES string of the molecule is CCCCCCS(=O)(=O)OF.CNC. The third-order valence-electron chi connectivity index (χ3n) is 1.34. The summed E-state index contributed by atoms with van der Waals surface area (Å²) >= 11 is 0. The molecule has 0 saturated carbocycles. The van der Waals surface area contributed by atoms with Crippen LogP contribution in [0.3, 0.4) is 0 Å². The third-order valence-corrected chi connectivity index (χ3v) is 2.32. The first-order chi connectivity index (χ1) is 6.54. The molecule has 0 amide bonds. The Balaban J connectivity index is 0. The number of rotatable bonds is 6. The fraction of sp³-hybridized carbons (Fsp3) is 1.00. The van der Waals surface area contributed by atoms with Crippen molar-refractivity contribution in [2.45, 2.75) is 32.6 Å². The van der Waals surface area contributed by atoms with E-state index in [2.05, 4.69) is 9.70 Å². The zero-order valence-corrected chi connectivity index (χ0v) is 9.86. The summed E-state index contributed by atoms with van der Waals surface area (Å²) in [6.45, 7) is 2.01. The van der Waals surface area contributed by atoms with Crippen molar-refractivity contribution in [1.82, 2.24) is 5.32 Å². The zero-order chi connectivity index (χ0) is 11.4. The van der Waals surface area contributed by atoms with E-state index in [-0.39, 0.29) is 5.75 Å². The van der Waals surface area contributed by atoms with Gasteiger partial charge < -0.3 is 5.32 Å². The van der Waals surface area contributed by atoms with Gasteiger partial charge in [-0.25, -0.2) is 0 Å². The second-order valence-corrected chi connectivity index (χ2v) is 4.54. The number of hydrogen-bond acceptors (Lipinski definition) is 4. The van der Waals surface area contributed by atoms with Crippen molar-refractivity contribution < 1.29 is 17.3 Å². The van der Waals surface area contributed by atoms with Gasteiger partial charge >= 0.3 is 0 Å². The molecule has 0 rings (SSSR count). The van der Waals surface area contributed by atoms with Crippen molar-refractivity contribution in [3.05, 3.63) is 0 Å². The highest BCUT2D eigenvalue weighted by Gasteiger charge is 2.09. The minimum absolute atomic E-state index is 0.219. The largest absolute Gasteiger partial charge is 0.323 e. The molecule has 0 fully saturated rings. The summed E-state index contributed by atoms with van der Waals surface area (Å²) in [5.41, 5.74) is 0. The summed E-state index contributed by atoms with van der Waals surface area (Å²) in [5.74, 6) is -0.219. The van der Waals surface area contributed by atoms with Crippen LogP contribution in [0.4, 0.5) is 4.53 Å². The maximum atomic E-state index is 11.2. The summed E-state index contributed by atoms with van der Waals surface area (Å²) < 4.78 is 34.7. The minimum atomic E-state index is -3.87. The van der Waals surface area contributed by atoms with Crippen LogP contribution >= 0.6 is 0 Å². The molecule has 1 N–H and O–H groups in total. The molecule has 4 nitrogen and oxygen atoms in total. The minimum Gasteiger partial charge on any atom is -0.323 e. The standard InChI is InChI=1S/C6H13FO3S.C2H7N/c1-2-3-4-5-6-11(8,9)10-7;1-3-2/h2-6H2,1H3;3H,1-2H3. The van der Waals surface area contributed by atoms with E-state index in [0.29, 0.717) is 6.42 Å². The Kier molecular flexibility index (Phi) is 12.6. The lowest BCUT2D eigenvalue weighted by atomic mass is 10.2. The number of halogens is 1. The average molecular weight is 229 g/mol. The van der Waals surface area contributed by atoms with Gasteiger partial charge in [0.25, 0.3) is 10.1 Å². The summed E-state index contributed by atoms with van der Waals surface area (Å²) in [6.07, 6.45) is 3.28. The molecule has 0 aliphatic carbocycles. The van der Waals surface area contributed by atoms with Crippen LogP contribution in [0, 0.1) is 0 Å². The molecule has 0 aliphatic heterocycles. The van der Waals surface area contributed by atoms with E-state index in [1.165, 1.54) is 0 Å². The van der Waals surface area contributed by atoms with Gasteiger partial charge in [0.15, 0.2) is 0 Å². The molecule has 0 saturated heterocycles. The fourth-order valence-electron chi connectivity index (χ4n) is 0.737. The lowest BCUT2D eigenvalue weighted by molar-refractivity contribution is 0.00288. The predicted octanol–water partition coefficient (Wildman–Crippen LogP) is 1.63. The molecule has 88 valence electrons. The van der Waals surface area contributed by atoms with E-state index in [1.54, 1.807) is 0 Å². The van der Waals surface area contributed by atoms with Crippen molar-refractivity contribution >= 4 is 10.1 Å². The highest BCUT2D eigenvalue weighted by atomic mass is 32.2. The molecule has 0 spiro atoms. The van der Waals surface area contributed by atoms with Crippen molar-refractivity contribution in [1.29, 1.82) is 0 Å². The van der Waals surface area contributed by atoms with E-state index in [4.69, 9.17) is 0 Å². The van der Waals surface area contributed by atoms with E-state index in [9.17, 15) is 12.9 Å². The van der Waals surface area contributed by atoms with E-state index >= 15 is 0 Å². The Morgan fingerprint density at radius 1 is 1.21 bits per heavy atom. The molecule has 0 bridgehead atoms. The van der Waals surface area contributed by atoms with E-state index in [0.717, 1.165) is 19.3 Å². The fourth-order valence-corrected chi connectivity index (χ4v) is 1.36. The summed E-state index contributed by atoms with van der Waals surface area (Å²) in [4.78, 5) is 0. The lowest BCUT2D eigenvalue weighted by Gasteiger charge is -1.96. The van der Waals surface area contributed by atoms with Crippen molar-refractivity contribution in [3.63, 3.8) is 0 Å². The van der Waals surface area contributed by atoms with Crippen LogP contribution in [0.5, 0.6) is 0 Å². The topological polar surface area (TPSA) is 55.4 Å². The second kappa shape index (κ2) is 10.9. The van der Waals surface area contributed by atoms with Gasteiger partial charge in [0.05, 0.1) is 5.75 Å². The smallest absolute Gasteiger partial charge is 0.297 e. The Hall–Kier alpha value is -0.200. The van der Waals surface area contributed by atoms with Gasteiger partial charge in [0.1, 0.15) is 0 Å². The molecule has 0 heterocycles. The Morgan fingerprint density at radius 2 is 1.71 bits per heavy atom. The normalized spacial score (nSPS) is 10.6. The van der Waals surface area contributed by atoms with Crippen LogP contribution in [0.2, 0.25) is 0 Å². The first kappa shape index (κ1) is 16.2. The predicted molar refractivity (Wildman–Crippen MR) is 55.1 cm³/mol. The van der Waals surface area contributed by atoms with Gasteiger partial charge in [-0.05, 0) is 25.0 Å². The molecule has 14 heavy (non-hydrogen) atoms. The van der Waals surface area contributed by atoms with Crippen molar-refractivity contribution in [2.75, 3.05) is 19.8 Å². The van der Waals surface area contributed by atoms with Gasteiger partial charge in [-0.2, -0.15) is 8.42 Å². The first-order valence-corrected chi connectivity index (χ1v) is 6.23. The monoisotopic (exact) mass is 229 g/mol. The van der Waals surface area contributed by atoms with Crippen LogP contribution in [0.15, 0.2) is 0 Å². The Morgan fingerprint density at radius 3 is 2.07 bits per heavy atom. The maximum Gasteiger partial charge on any atom is 0.297 e. The summed E-state index contributed by atoms with van der Waals surface area (Å²) in [5, 5.41) is 2.75. The number of nitrogens with one attached hydrogen (secondary N) is 1. The average Bonchev–Trinajstić information content (AvgIpc) is 2.14. The van der Waals surface area contributed by atoms with Gasteiger partial charge in [0, 0.05) is 0 Å². The van der Waals surface area contributed by atoms with Gasteiger partial charge in [-0.1, -0.05) is 30.6 Å². The zero-order valence-electron chi connectivity index (χ0n) is 9.05. The molecular formula is C8H20FNO3S. The Bertz CT molecular complexity index is 195. The maximum absolute atomic E-state index is 11.2. The van der Waals surface area contributed by atoms with Crippen LogP contribution in [0.25, 0.3) is 0 Å². The number of unbranched alkanes of at least 4 members (excludes halogenated alkanes) is 3. The molecule has 6 heteroatoms. The second-order valence-electron chi connectivity index (χ2n) is 2.89. The Labute approximate surface area is 85.9 Å². The highest BCUT2D eigenvalue weighted by Crippen LogP contribution is 2.03. The molecule has 0 aliphatic rings. The molecule has 0 atom stereocenters. The van der Waals surface area contributed by atoms with Crippen LogP contribution < -0.4 is 5.32 Å². The van der Waals surface area contributed by atoms with Gasteiger partial charge in [-0.3, -0.25) is 0 Å². The van der Waals surface area contributed by atoms with Crippen molar-refractivity contribution in [2.24, 2.45) is 0 Å². The molecule has 0 aromatic heterocycles. The van der Waals surface area contributed by atoms with Crippen LogP contribution in [-0.4, -0.2) is 28.3 Å². The summed E-state index contributed by atoms with van der Waals surface area (Å²) in [7, 11) is -0.117. The third kappa shape index (κ3) is 14.3. The highest BCUT2D eigenvalue weighted by molar-refractivity contribution is 7.86. The number of hydrogen-bond donors (Lipinski definition) is 1. The lowest BCUT2D eigenvalue weighted by Crippen LogP contribution is -2.05. The van der Waals surface area contributed by atoms with Crippen molar-refractivity contribution in [3.8, 4) is 0 Å². The van der Waals surface area contributed by atoms with Crippen LogP contribution in [-0.2, 0) is 14.5 Å². The van der Waals surface area contributed by atoms with E-state index < -0.39 is 10.1 Å². The molecule has 0 aromatic rings. The summed E-state index contributed by atoms with van der Waals surface area (Å²) in [6, 6.07) is 0. The van der Waals surface area contributed by atoms with Gasteiger partial charge in [0.2, 0.25) is 0 Å². The van der Waals surface area contributed by atoms with E-state index in [1.807, 2.05) is 21.0 Å². The quantitative estimate of drug-likeness (QED) is 0.703. The van der Waals surface area contributed by atoms with Gasteiger partial charge in [-0.15, -0.1) is 0 Å². The molecule has 0 unspecified atom stereocenters. The first-order valence-electron chi connectivity index (χ1n) is 4.65. The molecule has 0 aromatic carbocycles. The molecular weight excluding hydrogens is 209 g/mol.